The number of rotatable bonds is 5. The molecule has 1 fully saturated rings. The van der Waals surface area contributed by atoms with Gasteiger partial charge < -0.3 is 9.47 Å². The maximum absolute atomic E-state index is 12.8. The predicted octanol–water partition coefficient (Wildman–Crippen LogP) is 5.11. The lowest BCUT2D eigenvalue weighted by molar-refractivity contribution is 0.0736. The van der Waals surface area contributed by atoms with Gasteiger partial charge in [-0.1, -0.05) is 55.1 Å². The SMILES string of the molecule is [CH]=Cc1scc(C(=O)Oc2ccccc2)c1N1C(=O)OC[C@H]1c1ccccc1. The highest BCUT2D eigenvalue weighted by Gasteiger charge is 2.39. The summed E-state index contributed by atoms with van der Waals surface area (Å²) in [6.45, 7) is 5.96. The van der Waals surface area contributed by atoms with E-state index in [0.29, 0.717) is 16.3 Å². The molecule has 0 bridgehead atoms. The summed E-state index contributed by atoms with van der Waals surface area (Å²) in [5, 5.41) is 1.65. The molecule has 139 valence electrons. The van der Waals surface area contributed by atoms with E-state index in [0.717, 1.165) is 5.56 Å². The largest absolute Gasteiger partial charge is 0.447 e. The molecule has 1 atom stereocenters. The lowest BCUT2D eigenvalue weighted by atomic mass is 10.1. The summed E-state index contributed by atoms with van der Waals surface area (Å²) in [5.74, 6) is -0.136. The van der Waals surface area contributed by atoms with E-state index in [1.54, 1.807) is 29.6 Å². The van der Waals surface area contributed by atoms with Crippen molar-refractivity contribution in [3.63, 3.8) is 0 Å². The molecule has 0 unspecified atom stereocenters. The predicted molar refractivity (Wildman–Crippen MR) is 107 cm³/mol. The Kier molecular flexibility index (Phi) is 4.95. The van der Waals surface area contributed by atoms with Gasteiger partial charge in [0.15, 0.2) is 0 Å². The van der Waals surface area contributed by atoms with Gasteiger partial charge >= 0.3 is 12.1 Å². The summed E-state index contributed by atoms with van der Waals surface area (Å²) >= 11 is 1.27. The van der Waals surface area contributed by atoms with Crippen LogP contribution in [0.1, 0.15) is 26.8 Å². The number of carbonyl (C=O) groups is 2. The van der Waals surface area contributed by atoms with Gasteiger partial charge in [-0.3, -0.25) is 4.90 Å². The lowest BCUT2D eigenvalue weighted by Crippen LogP contribution is -2.29. The number of esters is 1. The number of anilines is 1. The first-order valence-electron chi connectivity index (χ1n) is 8.63. The minimum Gasteiger partial charge on any atom is -0.447 e. The van der Waals surface area contributed by atoms with Crippen LogP contribution in [0, 0.1) is 6.58 Å². The second-order valence-electron chi connectivity index (χ2n) is 6.10. The number of amides is 1. The Labute approximate surface area is 166 Å². The van der Waals surface area contributed by atoms with Gasteiger partial charge in [0.2, 0.25) is 0 Å². The van der Waals surface area contributed by atoms with Gasteiger partial charge in [-0.15, -0.1) is 11.3 Å². The van der Waals surface area contributed by atoms with Gasteiger partial charge in [0, 0.05) is 5.38 Å². The number of cyclic esters (lactones) is 1. The maximum Gasteiger partial charge on any atom is 0.415 e. The molecular weight excluding hydrogens is 374 g/mol. The van der Waals surface area contributed by atoms with E-state index >= 15 is 0 Å². The number of para-hydroxylation sites is 1. The van der Waals surface area contributed by atoms with Gasteiger partial charge in [0.1, 0.15) is 12.4 Å². The normalized spacial score (nSPS) is 15.9. The second kappa shape index (κ2) is 7.70. The van der Waals surface area contributed by atoms with Crippen LogP contribution >= 0.6 is 11.3 Å². The van der Waals surface area contributed by atoms with Crippen molar-refractivity contribution in [3.05, 3.63) is 88.6 Å². The van der Waals surface area contributed by atoms with Crippen molar-refractivity contribution in [2.45, 2.75) is 6.04 Å². The smallest absolute Gasteiger partial charge is 0.415 e. The molecule has 0 spiro atoms. The summed E-state index contributed by atoms with van der Waals surface area (Å²) < 4.78 is 10.8. The molecule has 6 heteroatoms. The van der Waals surface area contributed by atoms with Crippen LogP contribution in [0.25, 0.3) is 6.08 Å². The summed E-state index contributed by atoms with van der Waals surface area (Å²) in [7, 11) is 0. The van der Waals surface area contributed by atoms with E-state index in [2.05, 4.69) is 0 Å². The molecule has 28 heavy (non-hydrogen) atoms. The lowest BCUT2D eigenvalue weighted by Gasteiger charge is -2.23. The molecule has 4 rings (SSSR count). The van der Waals surface area contributed by atoms with E-state index in [4.69, 9.17) is 16.1 Å². The molecule has 2 aromatic carbocycles. The van der Waals surface area contributed by atoms with Crippen molar-refractivity contribution >= 4 is 35.2 Å². The van der Waals surface area contributed by atoms with Crippen LogP contribution in [0.15, 0.2) is 66.0 Å². The fraction of sp³-hybridized carbons (Fsp3) is 0.0909. The fourth-order valence-corrected chi connectivity index (χ4v) is 3.97. The summed E-state index contributed by atoms with van der Waals surface area (Å²) in [5.41, 5.74) is 1.58. The Morgan fingerprint density at radius 2 is 1.82 bits per heavy atom. The number of nitrogens with zero attached hydrogens (tertiary/aromatic N) is 1. The highest BCUT2D eigenvalue weighted by Crippen LogP contribution is 2.41. The topological polar surface area (TPSA) is 55.8 Å². The summed E-state index contributed by atoms with van der Waals surface area (Å²) in [6, 6.07) is 17.9. The van der Waals surface area contributed by atoms with Crippen molar-refractivity contribution < 1.29 is 19.1 Å². The third-order valence-corrected chi connectivity index (χ3v) is 5.35. The monoisotopic (exact) mass is 390 g/mol. The quantitative estimate of drug-likeness (QED) is 0.449. The van der Waals surface area contributed by atoms with Crippen molar-refractivity contribution in [1.29, 1.82) is 0 Å². The number of hydrogen-bond acceptors (Lipinski definition) is 5. The van der Waals surface area contributed by atoms with Crippen molar-refractivity contribution in [2.75, 3.05) is 11.5 Å². The molecule has 1 saturated heterocycles. The van der Waals surface area contributed by atoms with Crippen LogP contribution in [0.2, 0.25) is 0 Å². The highest BCUT2D eigenvalue weighted by atomic mass is 32.1. The average molecular weight is 390 g/mol. The molecule has 1 aliphatic rings. The molecule has 0 N–H and O–H groups in total. The average Bonchev–Trinajstić information content (AvgIpc) is 3.32. The van der Waals surface area contributed by atoms with Gasteiger partial charge in [-0.25, -0.2) is 9.59 Å². The molecule has 1 aromatic heterocycles. The minimum atomic E-state index is -0.558. The van der Waals surface area contributed by atoms with E-state index in [1.165, 1.54) is 22.3 Å². The third kappa shape index (κ3) is 3.30. The summed E-state index contributed by atoms with van der Waals surface area (Å²) in [4.78, 5) is 27.5. The highest BCUT2D eigenvalue weighted by molar-refractivity contribution is 7.11. The molecule has 1 amide bonds. The van der Waals surface area contributed by atoms with Gasteiger partial charge in [-0.2, -0.15) is 0 Å². The first-order valence-corrected chi connectivity index (χ1v) is 9.51. The zero-order valence-corrected chi connectivity index (χ0v) is 15.6. The molecular formula is C22H16NO4S. The zero-order valence-electron chi connectivity index (χ0n) is 14.8. The van der Waals surface area contributed by atoms with Gasteiger partial charge in [-0.05, 0) is 23.8 Å². The van der Waals surface area contributed by atoms with E-state index in [1.807, 2.05) is 36.4 Å². The fourth-order valence-electron chi connectivity index (χ4n) is 3.12. The Bertz CT molecular complexity index is 1010. The Hall–Kier alpha value is -3.38. The van der Waals surface area contributed by atoms with Crippen LogP contribution in [0.3, 0.4) is 0 Å². The number of benzene rings is 2. The van der Waals surface area contributed by atoms with Crippen LogP contribution < -0.4 is 9.64 Å². The standard InChI is InChI=1S/C22H16NO4S/c1-2-19-20(17(14-28-19)21(24)27-16-11-7-4-8-12-16)23-18(13-26-22(23)25)15-9-5-3-6-10-15/h1-12,14,18H,13H2/t18-/m0/s1. The van der Waals surface area contributed by atoms with E-state index in [-0.39, 0.29) is 18.2 Å². The molecule has 1 aliphatic heterocycles. The van der Waals surface area contributed by atoms with Crippen LogP contribution in [0.5, 0.6) is 5.75 Å². The van der Waals surface area contributed by atoms with Crippen LogP contribution in [-0.4, -0.2) is 18.7 Å². The van der Waals surface area contributed by atoms with Crippen LogP contribution in [0.4, 0.5) is 10.5 Å². The Balaban J connectivity index is 1.74. The number of ether oxygens (including phenoxy) is 2. The molecule has 0 aliphatic carbocycles. The first-order chi connectivity index (χ1) is 13.7. The molecule has 1 radical (unpaired) electrons. The van der Waals surface area contributed by atoms with Crippen molar-refractivity contribution in [1.82, 2.24) is 0 Å². The second-order valence-corrected chi connectivity index (χ2v) is 7.02. The zero-order chi connectivity index (χ0) is 19.5. The van der Waals surface area contributed by atoms with Crippen molar-refractivity contribution in [2.24, 2.45) is 0 Å². The van der Waals surface area contributed by atoms with E-state index < -0.39 is 12.1 Å². The van der Waals surface area contributed by atoms with Gasteiger partial charge in [0.25, 0.3) is 0 Å². The third-order valence-electron chi connectivity index (χ3n) is 4.42. The number of hydrogen-bond donors (Lipinski definition) is 0. The molecule has 2 heterocycles. The Morgan fingerprint density at radius 1 is 1.14 bits per heavy atom. The van der Waals surface area contributed by atoms with Crippen molar-refractivity contribution in [3.8, 4) is 5.75 Å². The number of carbonyl (C=O) groups excluding carboxylic acids is 2. The first kappa shape index (κ1) is 18.0. The van der Waals surface area contributed by atoms with Crippen LogP contribution in [-0.2, 0) is 4.74 Å². The van der Waals surface area contributed by atoms with E-state index in [9.17, 15) is 9.59 Å². The maximum atomic E-state index is 12.8. The Morgan fingerprint density at radius 3 is 2.50 bits per heavy atom. The molecule has 5 nitrogen and oxygen atoms in total. The molecule has 0 saturated carbocycles. The number of thiophene rings is 1. The molecule has 3 aromatic rings. The minimum absolute atomic E-state index is 0.190. The summed E-state index contributed by atoms with van der Waals surface area (Å²) in [6.07, 6.45) is 0.858. The van der Waals surface area contributed by atoms with Gasteiger partial charge in [0.05, 0.1) is 22.2 Å².